The van der Waals surface area contributed by atoms with Gasteiger partial charge in [0.05, 0.1) is 12.5 Å². The Labute approximate surface area is 147 Å². The van der Waals surface area contributed by atoms with E-state index in [1.165, 1.54) is 12.5 Å². The molecule has 0 aromatic heterocycles. The minimum atomic E-state index is 0. The number of rotatable bonds is 8. The fraction of sp³-hybridized carbons (Fsp3) is 0.400. The maximum absolute atomic E-state index is 4.78. The van der Waals surface area contributed by atoms with E-state index in [9.17, 15) is 0 Å². The predicted octanol–water partition coefficient (Wildman–Crippen LogP) is 1.13. The van der Waals surface area contributed by atoms with E-state index < -0.39 is 0 Å². The molecule has 0 heterocycles. The average Bonchev–Trinajstić information content (AvgIpc) is 2.31. The summed E-state index contributed by atoms with van der Waals surface area (Å²) in [4.78, 5) is 0. The molecule has 113 valence electrons. The first-order valence-corrected chi connectivity index (χ1v) is 6.52. The summed E-state index contributed by atoms with van der Waals surface area (Å²) in [7, 11) is 0. The van der Waals surface area contributed by atoms with Crippen molar-refractivity contribution in [1.82, 2.24) is 10.6 Å². The van der Waals surface area contributed by atoms with Crippen molar-refractivity contribution in [2.75, 3.05) is 26.3 Å². The molecule has 9 heteroatoms. The molecule has 0 atom stereocenters. The van der Waals surface area contributed by atoms with Crippen LogP contribution in [0.2, 0.25) is 0 Å². The van der Waals surface area contributed by atoms with Crippen LogP contribution in [0.25, 0.3) is 0 Å². The zero-order valence-electron chi connectivity index (χ0n) is 10.1. The third-order valence-corrected chi connectivity index (χ3v) is 1.79. The van der Waals surface area contributed by atoms with E-state index in [1.54, 1.807) is 0 Å². The van der Waals surface area contributed by atoms with Gasteiger partial charge in [-0.25, -0.2) is 0 Å². The molecule has 0 spiro atoms. The molecule has 0 fully saturated rings. The molecule has 1 radical (unpaired) electrons. The van der Waals surface area contributed by atoms with E-state index in [1.807, 2.05) is 0 Å². The van der Waals surface area contributed by atoms with Gasteiger partial charge in [-0.2, -0.15) is 0 Å². The van der Waals surface area contributed by atoms with Gasteiger partial charge in [-0.15, -0.1) is 0 Å². The van der Waals surface area contributed by atoms with Gasteiger partial charge in [-0.3, -0.25) is 0 Å². The second-order valence-electron chi connectivity index (χ2n) is 2.50. The van der Waals surface area contributed by atoms with Crippen LogP contribution in [0, 0.1) is 0 Å². The molecule has 0 saturated heterocycles. The second-order valence-corrected chi connectivity index (χ2v) is 4.65. The van der Waals surface area contributed by atoms with Crippen LogP contribution in [-0.4, -0.2) is 34.9 Å². The van der Waals surface area contributed by atoms with Crippen LogP contribution in [0.3, 0.4) is 0 Å². The Hall–Kier alpha value is -0.181. The third kappa shape index (κ3) is 31.9. The summed E-state index contributed by atoms with van der Waals surface area (Å²) in [5.74, 6) is 0. The van der Waals surface area contributed by atoms with Crippen molar-refractivity contribution in [3.05, 3.63) is 25.7 Å². The second kappa shape index (κ2) is 20.1. The van der Waals surface area contributed by atoms with Gasteiger partial charge >= 0.3 is 17.1 Å². The van der Waals surface area contributed by atoms with Crippen molar-refractivity contribution in [3.63, 3.8) is 0 Å². The molecule has 0 aromatic carbocycles. The van der Waals surface area contributed by atoms with Crippen LogP contribution in [0.1, 0.15) is 0 Å². The Bertz CT molecular complexity index is 242. The minimum absolute atomic E-state index is 0. The van der Waals surface area contributed by atoms with Crippen LogP contribution in [0.5, 0.6) is 0 Å². The first-order chi connectivity index (χ1) is 8.54. The van der Waals surface area contributed by atoms with Gasteiger partial charge in [0.25, 0.3) is 0 Å². The Balaban J connectivity index is -0.000000256. The summed E-state index contributed by atoms with van der Waals surface area (Å²) in [5, 5.41) is 5.51. The van der Waals surface area contributed by atoms with Gasteiger partial charge in [0.1, 0.15) is 13.2 Å². The molecule has 0 rings (SSSR count). The van der Waals surface area contributed by atoms with Crippen LogP contribution < -0.4 is 10.6 Å². The first kappa shape index (κ1) is 23.9. The molecule has 2 N–H and O–H groups in total. The average molecular weight is 388 g/mol. The van der Waals surface area contributed by atoms with Crippen molar-refractivity contribution in [3.8, 4) is 0 Å². The van der Waals surface area contributed by atoms with Gasteiger partial charge in [0.15, 0.2) is 0 Å². The Morgan fingerprint density at radius 1 is 0.947 bits per heavy atom. The van der Waals surface area contributed by atoms with E-state index in [2.05, 4.69) is 73.5 Å². The summed E-state index contributed by atoms with van der Waals surface area (Å²) in [5.41, 5.74) is 0. The standard InChI is InChI=1S/2C5H9NOS2.Cu/c2*1-2-7-4-3-6-5(8)9;/h2*2H,1,3-4H2,(H2,6,8,9);/q;;+2/p-2. The molecular weight excluding hydrogens is 372 g/mol. The van der Waals surface area contributed by atoms with Crippen molar-refractivity contribution < 1.29 is 26.5 Å². The SMILES string of the molecule is C=COCCNC(=S)[S-].C=COCCNC(=S)[S-].[Cu+2]. The molecule has 0 saturated carbocycles. The topological polar surface area (TPSA) is 42.5 Å². The quantitative estimate of drug-likeness (QED) is 0.211. The zero-order chi connectivity index (χ0) is 14.2. The Morgan fingerprint density at radius 2 is 1.26 bits per heavy atom. The minimum Gasteiger partial charge on any atom is -0.500 e. The van der Waals surface area contributed by atoms with Crippen molar-refractivity contribution >= 4 is 58.3 Å². The fourth-order valence-corrected chi connectivity index (χ4v) is 0.999. The number of hydrogen-bond acceptors (Lipinski definition) is 6. The van der Waals surface area contributed by atoms with Gasteiger partial charge in [0.2, 0.25) is 0 Å². The normalized spacial score (nSPS) is 7.58. The Kier molecular flexibility index (Phi) is 25.3. The van der Waals surface area contributed by atoms with Crippen molar-refractivity contribution in [2.45, 2.75) is 0 Å². The molecule has 0 aromatic rings. The fourth-order valence-electron chi connectivity index (χ4n) is 0.591. The van der Waals surface area contributed by atoms with Crippen LogP contribution >= 0.6 is 24.4 Å². The zero-order valence-corrected chi connectivity index (χ0v) is 14.4. The molecule has 4 nitrogen and oxygen atoms in total. The first-order valence-electron chi connectivity index (χ1n) is 4.89. The molecule has 0 aliphatic carbocycles. The maximum atomic E-state index is 4.78. The summed E-state index contributed by atoms with van der Waals surface area (Å²) >= 11 is 18.3. The smallest absolute Gasteiger partial charge is 0.500 e. The monoisotopic (exact) mass is 387 g/mol. The van der Waals surface area contributed by atoms with Crippen LogP contribution in [-0.2, 0) is 51.8 Å². The van der Waals surface area contributed by atoms with E-state index >= 15 is 0 Å². The molecule has 0 aliphatic rings. The Morgan fingerprint density at radius 3 is 1.47 bits per heavy atom. The van der Waals surface area contributed by atoms with Gasteiger partial charge < -0.3 is 69.8 Å². The number of nitrogens with one attached hydrogen (secondary N) is 2. The van der Waals surface area contributed by atoms with E-state index in [-0.39, 0.29) is 17.1 Å². The summed E-state index contributed by atoms with van der Waals surface area (Å²) < 4.78 is 10.3. The van der Waals surface area contributed by atoms with E-state index in [0.29, 0.717) is 34.9 Å². The molecule has 0 amide bonds. The molecule has 0 bridgehead atoms. The summed E-state index contributed by atoms with van der Waals surface area (Å²) in [6.07, 6.45) is 2.77. The van der Waals surface area contributed by atoms with Crippen LogP contribution in [0.4, 0.5) is 0 Å². The van der Waals surface area contributed by atoms with Gasteiger partial charge in [0, 0.05) is 13.1 Å². The molecule has 0 aliphatic heterocycles. The largest absolute Gasteiger partial charge is 2.00 e. The molecule has 19 heavy (non-hydrogen) atoms. The summed E-state index contributed by atoms with van der Waals surface area (Å²) in [6, 6.07) is 0. The number of thiocarbonyl (C=S) groups is 2. The van der Waals surface area contributed by atoms with Gasteiger partial charge in [-0.05, 0) is 0 Å². The number of ether oxygens (including phenoxy) is 2. The van der Waals surface area contributed by atoms with Crippen molar-refractivity contribution in [2.24, 2.45) is 0 Å². The molecule has 0 unspecified atom stereocenters. The third-order valence-electron chi connectivity index (χ3n) is 1.21. The van der Waals surface area contributed by atoms with Crippen molar-refractivity contribution in [1.29, 1.82) is 0 Å². The summed E-state index contributed by atoms with van der Waals surface area (Å²) in [6.45, 7) is 9.14. The predicted molar refractivity (Wildman–Crippen MR) is 88.2 cm³/mol. The maximum Gasteiger partial charge on any atom is 2.00 e. The molecular formula is C10H16CuN2O2S4. The van der Waals surface area contributed by atoms with E-state index in [4.69, 9.17) is 9.47 Å². The number of hydrogen-bond donors (Lipinski definition) is 2. The van der Waals surface area contributed by atoms with E-state index in [0.717, 1.165) is 0 Å². The van der Waals surface area contributed by atoms with Gasteiger partial charge in [-0.1, -0.05) is 21.8 Å². The van der Waals surface area contributed by atoms with Crippen LogP contribution in [0.15, 0.2) is 25.7 Å².